The number of rotatable bonds is 6. The Hall–Kier alpha value is -3.31. The summed E-state index contributed by atoms with van der Waals surface area (Å²) in [6.45, 7) is 2.00. The number of thioether (sulfide) groups is 1. The molecule has 1 amide bonds. The molecule has 3 aromatic carbocycles. The number of amidine groups is 1. The maximum absolute atomic E-state index is 12.6. The Labute approximate surface area is 220 Å². The highest BCUT2D eigenvalue weighted by Gasteiger charge is 2.24. The number of aryl methyl sites for hydroxylation is 1. The van der Waals surface area contributed by atoms with Crippen molar-refractivity contribution < 1.29 is 23.8 Å². The second kappa shape index (κ2) is 11.0. The number of nitrogens with one attached hydrogen (secondary N) is 1. The van der Waals surface area contributed by atoms with Gasteiger partial charge in [0.2, 0.25) is 0 Å². The molecule has 4 rings (SSSR count). The van der Waals surface area contributed by atoms with Crippen molar-refractivity contribution in [3.05, 3.63) is 85.8 Å². The van der Waals surface area contributed by atoms with E-state index in [9.17, 15) is 9.59 Å². The van der Waals surface area contributed by atoms with Crippen molar-refractivity contribution >= 4 is 63.2 Å². The predicted octanol–water partition coefficient (Wildman–Crippen LogP) is 5.73. The summed E-state index contributed by atoms with van der Waals surface area (Å²) in [7, 11) is 3.05. The van der Waals surface area contributed by atoms with E-state index in [-0.39, 0.29) is 5.91 Å². The lowest BCUT2D eigenvalue weighted by Crippen LogP contribution is -2.19. The number of nitrogens with zero attached hydrogens (tertiary/aromatic N) is 1. The van der Waals surface area contributed by atoms with Gasteiger partial charge in [0, 0.05) is 0 Å². The van der Waals surface area contributed by atoms with Crippen LogP contribution in [0.1, 0.15) is 21.5 Å². The number of carbonyl (C=O) groups excluding carboxylic acids is 2. The van der Waals surface area contributed by atoms with Crippen molar-refractivity contribution in [2.24, 2.45) is 4.99 Å². The molecule has 0 aliphatic carbocycles. The van der Waals surface area contributed by atoms with Crippen molar-refractivity contribution in [3.63, 3.8) is 0 Å². The second-order valence-electron chi connectivity index (χ2n) is 7.47. The van der Waals surface area contributed by atoms with Crippen LogP contribution < -0.4 is 19.5 Å². The molecule has 35 heavy (non-hydrogen) atoms. The molecule has 1 fully saturated rings. The first-order chi connectivity index (χ1) is 16.9. The number of methoxy groups -OCH3 is 2. The van der Waals surface area contributed by atoms with Gasteiger partial charge in [0.15, 0.2) is 16.7 Å². The van der Waals surface area contributed by atoms with Crippen molar-refractivity contribution in [1.29, 1.82) is 0 Å². The number of halogens is 1. The number of hydrogen-bond acceptors (Lipinski definition) is 7. The van der Waals surface area contributed by atoms with Crippen LogP contribution in [-0.2, 0) is 4.79 Å². The number of amides is 1. The molecule has 0 spiro atoms. The minimum absolute atomic E-state index is 0.232. The summed E-state index contributed by atoms with van der Waals surface area (Å²) in [6, 6.07) is 17.9. The van der Waals surface area contributed by atoms with Crippen LogP contribution in [0.5, 0.6) is 17.2 Å². The molecule has 3 aromatic rings. The highest BCUT2D eigenvalue weighted by atomic mass is 127. The average Bonchev–Trinajstić information content (AvgIpc) is 3.20. The third-order valence-corrected chi connectivity index (χ3v) is 6.70. The highest BCUT2D eigenvalue weighted by Crippen LogP contribution is 2.36. The van der Waals surface area contributed by atoms with E-state index in [2.05, 4.69) is 32.9 Å². The van der Waals surface area contributed by atoms with Crippen molar-refractivity contribution in [3.8, 4) is 17.2 Å². The van der Waals surface area contributed by atoms with Gasteiger partial charge in [-0.05, 0) is 101 Å². The Morgan fingerprint density at radius 3 is 2.40 bits per heavy atom. The van der Waals surface area contributed by atoms with E-state index >= 15 is 0 Å². The second-order valence-corrected chi connectivity index (χ2v) is 9.66. The van der Waals surface area contributed by atoms with Gasteiger partial charge >= 0.3 is 5.97 Å². The summed E-state index contributed by atoms with van der Waals surface area (Å²) in [6.07, 6.45) is 1.75. The minimum atomic E-state index is -0.516. The fourth-order valence-electron chi connectivity index (χ4n) is 3.17. The van der Waals surface area contributed by atoms with Crippen LogP contribution in [0.15, 0.2) is 70.6 Å². The molecular weight excluding hydrogens is 579 g/mol. The Morgan fingerprint density at radius 2 is 1.74 bits per heavy atom. The molecule has 1 aliphatic heterocycles. The van der Waals surface area contributed by atoms with Crippen molar-refractivity contribution in [1.82, 2.24) is 5.32 Å². The van der Waals surface area contributed by atoms with Gasteiger partial charge in [0.05, 0.1) is 33.9 Å². The molecule has 1 heterocycles. The number of carbonyl (C=O) groups is 2. The first kappa shape index (κ1) is 24.8. The summed E-state index contributed by atoms with van der Waals surface area (Å²) < 4.78 is 16.9. The lowest BCUT2D eigenvalue weighted by molar-refractivity contribution is -0.115. The molecule has 0 aromatic heterocycles. The third-order valence-electron chi connectivity index (χ3n) is 4.99. The number of hydrogen-bond donors (Lipinski definition) is 1. The fraction of sp³-hybridized carbons (Fsp3) is 0.115. The standard InChI is InChI=1S/C26H21IN2O5S/c1-15-4-8-18(9-5-15)28-26-29-24(30)22(35-26)14-16-12-20(27)23(21(13-16)33-3)34-25(31)17-6-10-19(32-2)11-7-17/h4-14H,1-3H3,(H,28,29,30)/b22-14-. The minimum Gasteiger partial charge on any atom is -0.497 e. The monoisotopic (exact) mass is 600 g/mol. The molecule has 0 saturated carbocycles. The molecule has 178 valence electrons. The smallest absolute Gasteiger partial charge is 0.343 e. The zero-order valence-electron chi connectivity index (χ0n) is 19.1. The normalized spacial score (nSPS) is 15.3. The Morgan fingerprint density at radius 1 is 1.03 bits per heavy atom. The summed E-state index contributed by atoms with van der Waals surface area (Å²) in [5.74, 6) is 0.582. The van der Waals surface area contributed by atoms with Gasteiger partial charge in [0.25, 0.3) is 5.91 Å². The molecule has 0 atom stereocenters. The first-order valence-corrected chi connectivity index (χ1v) is 12.4. The van der Waals surface area contributed by atoms with E-state index in [0.717, 1.165) is 16.8 Å². The van der Waals surface area contributed by atoms with Gasteiger partial charge in [-0.1, -0.05) is 17.7 Å². The van der Waals surface area contributed by atoms with Crippen LogP contribution in [0, 0.1) is 10.5 Å². The van der Waals surface area contributed by atoms with Gasteiger partial charge < -0.3 is 19.5 Å². The number of aliphatic imine (C=N–C) groups is 1. The molecule has 0 bridgehead atoms. The Balaban J connectivity index is 1.55. The fourth-order valence-corrected chi connectivity index (χ4v) is 4.75. The van der Waals surface area contributed by atoms with Crippen LogP contribution >= 0.6 is 34.4 Å². The first-order valence-electron chi connectivity index (χ1n) is 10.5. The number of ether oxygens (including phenoxy) is 3. The lowest BCUT2D eigenvalue weighted by Gasteiger charge is -2.12. The maximum atomic E-state index is 12.6. The average molecular weight is 600 g/mol. The number of esters is 1. The van der Waals surface area contributed by atoms with Gasteiger partial charge in [-0.25, -0.2) is 9.79 Å². The van der Waals surface area contributed by atoms with Gasteiger partial charge in [-0.2, -0.15) is 0 Å². The van der Waals surface area contributed by atoms with Gasteiger partial charge in [0.1, 0.15) is 5.75 Å². The topological polar surface area (TPSA) is 86.2 Å². The molecular formula is C26H21IN2O5S. The van der Waals surface area contributed by atoms with E-state index in [1.165, 1.54) is 18.9 Å². The molecule has 9 heteroatoms. The van der Waals surface area contributed by atoms with Crippen LogP contribution in [0.25, 0.3) is 6.08 Å². The third kappa shape index (κ3) is 6.04. The van der Waals surface area contributed by atoms with Gasteiger partial charge in [-0.3, -0.25) is 4.79 Å². The van der Waals surface area contributed by atoms with E-state index in [0.29, 0.717) is 36.5 Å². The zero-order chi connectivity index (χ0) is 24.9. The molecule has 1 aliphatic rings. The zero-order valence-corrected chi connectivity index (χ0v) is 22.1. The van der Waals surface area contributed by atoms with Crippen LogP contribution in [0.2, 0.25) is 0 Å². The summed E-state index contributed by atoms with van der Waals surface area (Å²) in [4.78, 5) is 30.1. The summed E-state index contributed by atoms with van der Waals surface area (Å²) in [5, 5.41) is 3.30. The van der Waals surface area contributed by atoms with E-state index in [1.807, 2.05) is 37.3 Å². The summed E-state index contributed by atoms with van der Waals surface area (Å²) in [5.41, 5.74) is 3.01. The molecule has 0 unspecified atom stereocenters. The van der Waals surface area contributed by atoms with Crippen LogP contribution in [-0.4, -0.2) is 31.3 Å². The Kier molecular flexibility index (Phi) is 7.76. The van der Waals surface area contributed by atoms with Crippen molar-refractivity contribution in [2.45, 2.75) is 6.92 Å². The summed E-state index contributed by atoms with van der Waals surface area (Å²) >= 11 is 3.33. The van der Waals surface area contributed by atoms with Gasteiger partial charge in [-0.15, -0.1) is 0 Å². The molecule has 1 saturated heterocycles. The van der Waals surface area contributed by atoms with Crippen LogP contribution in [0.3, 0.4) is 0 Å². The Bertz CT molecular complexity index is 1340. The van der Waals surface area contributed by atoms with E-state index in [1.54, 1.807) is 43.5 Å². The molecule has 0 radical (unpaired) electrons. The molecule has 1 N–H and O–H groups in total. The predicted molar refractivity (Wildman–Crippen MR) is 146 cm³/mol. The SMILES string of the molecule is COc1ccc(C(=O)Oc2c(I)cc(/C=C3\SC(=Nc4ccc(C)cc4)NC3=O)cc2OC)cc1. The lowest BCUT2D eigenvalue weighted by atomic mass is 10.1. The van der Waals surface area contributed by atoms with Crippen LogP contribution in [0.4, 0.5) is 5.69 Å². The maximum Gasteiger partial charge on any atom is 0.343 e. The quantitative estimate of drug-likeness (QED) is 0.169. The molecule has 7 nitrogen and oxygen atoms in total. The number of benzene rings is 3. The van der Waals surface area contributed by atoms with E-state index < -0.39 is 5.97 Å². The van der Waals surface area contributed by atoms with Crippen molar-refractivity contribution in [2.75, 3.05) is 14.2 Å². The van der Waals surface area contributed by atoms with E-state index in [4.69, 9.17) is 14.2 Å². The largest absolute Gasteiger partial charge is 0.497 e. The highest BCUT2D eigenvalue weighted by molar-refractivity contribution is 14.1.